The summed E-state index contributed by atoms with van der Waals surface area (Å²) in [7, 11) is 0. The lowest BCUT2D eigenvalue weighted by Crippen LogP contribution is -2.50. The van der Waals surface area contributed by atoms with Crippen LogP contribution in [0.3, 0.4) is 0 Å². The van der Waals surface area contributed by atoms with E-state index in [0.717, 1.165) is 26.2 Å². The number of aryl methyl sites for hydroxylation is 2. The van der Waals surface area contributed by atoms with E-state index in [2.05, 4.69) is 56.1 Å². The number of aliphatic hydroxyl groups is 1. The van der Waals surface area contributed by atoms with Crippen molar-refractivity contribution in [2.45, 2.75) is 33.7 Å². The van der Waals surface area contributed by atoms with Gasteiger partial charge in [-0.15, -0.1) is 0 Å². The minimum absolute atomic E-state index is 0.145. The standard InChI is InChI=1S/C17H28N2O/c1-13-6-5-7-14(2)15(13)16(17(3,4)12-20)19-10-8-18-9-11-19/h5-7,16,18,20H,8-12H2,1-4H3/t16-/m1/s1. The molecule has 1 aliphatic heterocycles. The molecule has 2 N–H and O–H groups in total. The molecular weight excluding hydrogens is 248 g/mol. The molecule has 0 spiro atoms. The average Bonchev–Trinajstić information content (AvgIpc) is 2.43. The lowest BCUT2D eigenvalue weighted by Gasteiger charge is -2.44. The Bertz CT molecular complexity index is 430. The van der Waals surface area contributed by atoms with E-state index in [4.69, 9.17) is 0 Å². The molecule has 0 aromatic heterocycles. The summed E-state index contributed by atoms with van der Waals surface area (Å²) >= 11 is 0. The molecular formula is C17H28N2O. The Kier molecular flexibility index (Phi) is 4.84. The van der Waals surface area contributed by atoms with Crippen molar-refractivity contribution in [2.75, 3.05) is 32.8 Å². The number of aliphatic hydroxyl groups excluding tert-OH is 1. The largest absolute Gasteiger partial charge is 0.396 e. The summed E-state index contributed by atoms with van der Waals surface area (Å²) in [5.41, 5.74) is 3.91. The molecule has 0 unspecified atom stereocenters. The fraction of sp³-hybridized carbons (Fsp3) is 0.647. The summed E-state index contributed by atoms with van der Waals surface area (Å²) in [5.74, 6) is 0. The quantitative estimate of drug-likeness (QED) is 0.885. The predicted molar refractivity (Wildman–Crippen MR) is 84.0 cm³/mol. The van der Waals surface area contributed by atoms with Crippen molar-refractivity contribution in [2.24, 2.45) is 5.41 Å². The maximum absolute atomic E-state index is 9.90. The highest BCUT2D eigenvalue weighted by Gasteiger charge is 2.37. The number of rotatable bonds is 4. The molecule has 1 aromatic rings. The Morgan fingerprint density at radius 3 is 2.25 bits per heavy atom. The van der Waals surface area contributed by atoms with Crippen LogP contribution in [0.1, 0.15) is 36.6 Å². The van der Waals surface area contributed by atoms with Gasteiger partial charge in [-0.2, -0.15) is 0 Å². The van der Waals surface area contributed by atoms with Crippen LogP contribution in [0.15, 0.2) is 18.2 Å². The second-order valence-electron chi connectivity index (χ2n) is 6.64. The van der Waals surface area contributed by atoms with Crippen LogP contribution in [-0.2, 0) is 0 Å². The summed E-state index contributed by atoms with van der Waals surface area (Å²) < 4.78 is 0. The van der Waals surface area contributed by atoms with Crippen molar-refractivity contribution < 1.29 is 5.11 Å². The number of hydrogen-bond acceptors (Lipinski definition) is 3. The zero-order valence-corrected chi connectivity index (χ0v) is 13.2. The van der Waals surface area contributed by atoms with E-state index < -0.39 is 0 Å². The van der Waals surface area contributed by atoms with E-state index in [1.165, 1.54) is 16.7 Å². The molecule has 1 saturated heterocycles. The van der Waals surface area contributed by atoms with Gasteiger partial charge in [0, 0.05) is 44.2 Å². The number of nitrogens with one attached hydrogen (secondary N) is 1. The van der Waals surface area contributed by atoms with Crippen LogP contribution in [0.2, 0.25) is 0 Å². The molecule has 0 saturated carbocycles. The summed E-state index contributed by atoms with van der Waals surface area (Å²) in [4.78, 5) is 2.53. The molecule has 1 aliphatic rings. The van der Waals surface area contributed by atoms with Gasteiger partial charge in [0.25, 0.3) is 0 Å². The first-order valence-electron chi connectivity index (χ1n) is 7.59. The van der Waals surface area contributed by atoms with Crippen LogP contribution in [0.4, 0.5) is 0 Å². The van der Waals surface area contributed by atoms with Gasteiger partial charge in [0.1, 0.15) is 0 Å². The van der Waals surface area contributed by atoms with Crippen molar-refractivity contribution >= 4 is 0 Å². The SMILES string of the molecule is Cc1cccc(C)c1[C@@H](N1CCNCC1)C(C)(C)CO. The van der Waals surface area contributed by atoms with Gasteiger partial charge in [-0.3, -0.25) is 4.90 Å². The molecule has 0 aliphatic carbocycles. The van der Waals surface area contributed by atoms with Gasteiger partial charge in [0.15, 0.2) is 0 Å². The van der Waals surface area contributed by atoms with Crippen LogP contribution >= 0.6 is 0 Å². The highest BCUT2D eigenvalue weighted by Crippen LogP contribution is 2.40. The maximum Gasteiger partial charge on any atom is 0.0500 e. The Morgan fingerprint density at radius 2 is 1.75 bits per heavy atom. The van der Waals surface area contributed by atoms with Gasteiger partial charge < -0.3 is 10.4 Å². The second-order valence-corrected chi connectivity index (χ2v) is 6.64. The lowest BCUT2D eigenvalue weighted by molar-refractivity contribution is 0.0299. The van der Waals surface area contributed by atoms with Gasteiger partial charge in [-0.05, 0) is 30.5 Å². The van der Waals surface area contributed by atoms with Gasteiger partial charge in [0.05, 0.1) is 0 Å². The summed E-state index contributed by atoms with van der Waals surface area (Å²) in [6, 6.07) is 6.76. The second kappa shape index (κ2) is 6.25. The monoisotopic (exact) mass is 276 g/mol. The van der Waals surface area contributed by atoms with Crippen molar-refractivity contribution in [1.82, 2.24) is 10.2 Å². The van der Waals surface area contributed by atoms with Crippen LogP contribution in [-0.4, -0.2) is 42.8 Å². The van der Waals surface area contributed by atoms with Crippen molar-refractivity contribution in [3.63, 3.8) is 0 Å². The third kappa shape index (κ3) is 3.05. The first-order chi connectivity index (χ1) is 9.47. The molecule has 112 valence electrons. The topological polar surface area (TPSA) is 35.5 Å². The molecule has 1 heterocycles. The number of benzene rings is 1. The molecule has 0 amide bonds. The first-order valence-corrected chi connectivity index (χ1v) is 7.59. The van der Waals surface area contributed by atoms with E-state index in [-0.39, 0.29) is 18.1 Å². The van der Waals surface area contributed by atoms with E-state index in [9.17, 15) is 5.11 Å². The molecule has 3 heteroatoms. The Balaban J connectivity index is 2.45. The fourth-order valence-corrected chi connectivity index (χ4v) is 3.35. The van der Waals surface area contributed by atoms with E-state index in [1.807, 2.05) is 0 Å². The number of hydrogen-bond donors (Lipinski definition) is 2. The molecule has 3 nitrogen and oxygen atoms in total. The smallest absolute Gasteiger partial charge is 0.0500 e. The zero-order valence-electron chi connectivity index (χ0n) is 13.2. The average molecular weight is 276 g/mol. The fourth-order valence-electron chi connectivity index (χ4n) is 3.35. The molecule has 1 fully saturated rings. The summed E-state index contributed by atoms with van der Waals surface area (Å²) in [6.45, 7) is 13.1. The van der Waals surface area contributed by atoms with Crippen molar-refractivity contribution in [3.05, 3.63) is 34.9 Å². The summed E-state index contributed by atoms with van der Waals surface area (Å²) in [6.07, 6.45) is 0. The van der Waals surface area contributed by atoms with Gasteiger partial charge in [-0.1, -0.05) is 32.0 Å². The third-order valence-electron chi connectivity index (χ3n) is 4.48. The molecule has 0 bridgehead atoms. The minimum atomic E-state index is -0.145. The molecule has 1 aromatic carbocycles. The Hall–Kier alpha value is -0.900. The Morgan fingerprint density at radius 1 is 1.20 bits per heavy atom. The van der Waals surface area contributed by atoms with Gasteiger partial charge in [-0.25, -0.2) is 0 Å². The highest BCUT2D eigenvalue weighted by atomic mass is 16.3. The minimum Gasteiger partial charge on any atom is -0.396 e. The lowest BCUT2D eigenvalue weighted by atomic mass is 9.77. The number of nitrogens with zero attached hydrogens (tertiary/aromatic N) is 1. The van der Waals surface area contributed by atoms with Crippen LogP contribution < -0.4 is 5.32 Å². The van der Waals surface area contributed by atoms with Gasteiger partial charge >= 0.3 is 0 Å². The molecule has 20 heavy (non-hydrogen) atoms. The molecule has 2 rings (SSSR count). The van der Waals surface area contributed by atoms with Gasteiger partial charge in [0.2, 0.25) is 0 Å². The molecule has 0 radical (unpaired) electrons. The van der Waals surface area contributed by atoms with E-state index in [1.54, 1.807) is 0 Å². The highest BCUT2D eigenvalue weighted by molar-refractivity contribution is 5.37. The van der Waals surface area contributed by atoms with Crippen molar-refractivity contribution in [3.8, 4) is 0 Å². The van der Waals surface area contributed by atoms with E-state index >= 15 is 0 Å². The zero-order chi connectivity index (χ0) is 14.8. The number of piperazine rings is 1. The van der Waals surface area contributed by atoms with Crippen LogP contribution in [0.5, 0.6) is 0 Å². The first kappa shape index (κ1) is 15.5. The Labute approximate surface area is 123 Å². The van der Waals surface area contributed by atoms with Crippen LogP contribution in [0, 0.1) is 19.3 Å². The predicted octanol–water partition coefficient (Wildman–Crippen LogP) is 2.27. The normalized spacial score (nSPS) is 19.1. The van der Waals surface area contributed by atoms with E-state index in [0.29, 0.717) is 0 Å². The van der Waals surface area contributed by atoms with Crippen LogP contribution in [0.25, 0.3) is 0 Å². The molecule has 1 atom stereocenters. The third-order valence-corrected chi connectivity index (χ3v) is 4.48. The maximum atomic E-state index is 9.90. The van der Waals surface area contributed by atoms with Crippen molar-refractivity contribution in [1.29, 1.82) is 0 Å². The summed E-state index contributed by atoms with van der Waals surface area (Å²) in [5, 5.41) is 13.3.